The summed E-state index contributed by atoms with van der Waals surface area (Å²) in [6.45, 7) is 6.86. The van der Waals surface area contributed by atoms with Gasteiger partial charge in [-0.05, 0) is 27.2 Å². The number of aliphatic hydroxyl groups is 1. The van der Waals surface area contributed by atoms with Gasteiger partial charge in [-0.1, -0.05) is 26.2 Å². The van der Waals surface area contributed by atoms with Crippen molar-refractivity contribution < 1.29 is 14.6 Å². The molecule has 0 aromatic carbocycles. The van der Waals surface area contributed by atoms with E-state index in [0.717, 1.165) is 19.3 Å². The van der Waals surface area contributed by atoms with Crippen LogP contribution in [0.1, 0.15) is 53.4 Å². The van der Waals surface area contributed by atoms with Crippen LogP contribution in [0, 0.1) is 16.7 Å². The van der Waals surface area contributed by atoms with Crippen LogP contribution in [0.15, 0.2) is 0 Å². The molecular weight excluding hydrogens is 218 g/mol. The normalized spacial score (nSPS) is 35.4. The van der Waals surface area contributed by atoms with Crippen LogP contribution in [0.5, 0.6) is 0 Å². The van der Waals surface area contributed by atoms with E-state index in [1.807, 2.05) is 13.0 Å². The third-order valence-corrected chi connectivity index (χ3v) is 4.05. The van der Waals surface area contributed by atoms with Gasteiger partial charge < -0.3 is 9.84 Å². The highest BCUT2D eigenvalue weighted by molar-refractivity contribution is 5.85. The van der Waals surface area contributed by atoms with Crippen LogP contribution in [0.4, 0.5) is 0 Å². The second-order valence-corrected chi connectivity index (χ2v) is 5.45. The molecule has 0 spiro atoms. The van der Waals surface area contributed by atoms with Gasteiger partial charge in [-0.2, -0.15) is 5.26 Å². The van der Waals surface area contributed by atoms with Crippen LogP contribution in [-0.2, 0) is 9.53 Å². The summed E-state index contributed by atoms with van der Waals surface area (Å²) in [6.07, 6.45) is 3.04. The van der Waals surface area contributed by atoms with E-state index >= 15 is 0 Å². The average Bonchev–Trinajstić information content (AvgIpc) is 2.35. The Morgan fingerprint density at radius 3 is 2.29 bits per heavy atom. The lowest BCUT2D eigenvalue weighted by Crippen LogP contribution is -2.54. The summed E-state index contributed by atoms with van der Waals surface area (Å²) in [5.41, 5.74) is -3.91. The molecule has 1 fully saturated rings. The number of nitriles is 1. The van der Waals surface area contributed by atoms with Gasteiger partial charge in [0, 0.05) is 0 Å². The van der Waals surface area contributed by atoms with E-state index in [1.165, 1.54) is 6.92 Å². The number of hydrogen-bond acceptors (Lipinski definition) is 4. The fourth-order valence-electron chi connectivity index (χ4n) is 2.33. The van der Waals surface area contributed by atoms with Crippen molar-refractivity contribution >= 4 is 5.97 Å². The van der Waals surface area contributed by atoms with Gasteiger partial charge in [0.05, 0.1) is 6.07 Å². The SMILES string of the molecule is CCCCCC1(C#N)C(=O)OC(C)(C)C1(C)O. The standard InChI is InChI=1S/C13H21NO3/c1-5-6-7-8-13(9-14)10(15)17-11(2,3)12(13,4)16/h16H,5-8H2,1-4H3. The maximum Gasteiger partial charge on any atom is 0.330 e. The predicted molar refractivity (Wildman–Crippen MR) is 63.0 cm³/mol. The molecule has 0 amide bonds. The Morgan fingerprint density at radius 1 is 1.35 bits per heavy atom. The molecule has 1 heterocycles. The lowest BCUT2D eigenvalue weighted by molar-refractivity contribution is -0.151. The largest absolute Gasteiger partial charge is 0.455 e. The molecule has 17 heavy (non-hydrogen) atoms. The van der Waals surface area contributed by atoms with Crippen molar-refractivity contribution in [3.05, 3.63) is 0 Å². The van der Waals surface area contributed by atoms with Gasteiger partial charge in [-0.15, -0.1) is 0 Å². The summed E-state index contributed by atoms with van der Waals surface area (Å²) in [6, 6.07) is 2.01. The van der Waals surface area contributed by atoms with Crippen LogP contribution in [0.2, 0.25) is 0 Å². The molecule has 1 aliphatic heterocycles. The first kappa shape index (κ1) is 14.0. The number of ether oxygens (including phenoxy) is 1. The molecule has 2 atom stereocenters. The fourth-order valence-corrected chi connectivity index (χ4v) is 2.33. The van der Waals surface area contributed by atoms with E-state index in [9.17, 15) is 15.2 Å². The summed E-state index contributed by atoms with van der Waals surface area (Å²) in [5.74, 6) is -0.592. The molecule has 0 aromatic heterocycles. The van der Waals surface area contributed by atoms with Gasteiger partial charge in [0.1, 0.15) is 11.2 Å². The zero-order chi connectivity index (χ0) is 13.3. The molecule has 0 radical (unpaired) electrons. The average molecular weight is 239 g/mol. The van der Waals surface area contributed by atoms with Crippen LogP contribution in [-0.4, -0.2) is 22.3 Å². The summed E-state index contributed by atoms with van der Waals surface area (Å²) in [5, 5.41) is 19.9. The van der Waals surface area contributed by atoms with Crippen LogP contribution in [0.3, 0.4) is 0 Å². The van der Waals surface area contributed by atoms with Crippen molar-refractivity contribution in [2.24, 2.45) is 5.41 Å². The number of carbonyl (C=O) groups excluding carboxylic acids is 1. The van der Waals surface area contributed by atoms with Crippen molar-refractivity contribution in [2.75, 3.05) is 0 Å². The predicted octanol–water partition coefficient (Wildman–Crippen LogP) is 2.16. The van der Waals surface area contributed by atoms with Gasteiger partial charge >= 0.3 is 5.97 Å². The molecule has 2 unspecified atom stereocenters. The van der Waals surface area contributed by atoms with Gasteiger partial charge in [0.25, 0.3) is 0 Å². The number of esters is 1. The molecule has 1 N–H and O–H groups in total. The fraction of sp³-hybridized carbons (Fsp3) is 0.846. The molecule has 0 aliphatic carbocycles. The second-order valence-electron chi connectivity index (χ2n) is 5.45. The molecule has 1 saturated heterocycles. The molecule has 1 aliphatic rings. The highest BCUT2D eigenvalue weighted by atomic mass is 16.6. The van der Waals surface area contributed by atoms with Gasteiger partial charge in [0.2, 0.25) is 0 Å². The van der Waals surface area contributed by atoms with Crippen molar-refractivity contribution in [3.8, 4) is 6.07 Å². The van der Waals surface area contributed by atoms with E-state index in [-0.39, 0.29) is 0 Å². The lowest BCUT2D eigenvalue weighted by atomic mass is 9.66. The van der Waals surface area contributed by atoms with E-state index in [0.29, 0.717) is 6.42 Å². The zero-order valence-electron chi connectivity index (χ0n) is 11.0. The first-order valence-electron chi connectivity index (χ1n) is 6.12. The minimum Gasteiger partial charge on any atom is -0.455 e. The monoisotopic (exact) mass is 239 g/mol. The second kappa shape index (κ2) is 4.30. The van der Waals surface area contributed by atoms with Gasteiger partial charge in [-0.3, -0.25) is 4.79 Å². The number of carbonyl (C=O) groups is 1. The molecule has 96 valence electrons. The van der Waals surface area contributed by atoms with E-state index < -0.39 is 22.6 Å². The minimum atomic E-state index is -1.46. The van der Waals surface area contributed by atoms with Crippen molar-refractivity contribution in [1.82, 2.24) is 0 Å². The zero-order valence-corrected chi connectivity index (χ0v) is 11.0. The Morgan fingerprint density at radius 2 is 1.94 bits per heavy atom. The number of unbranched alkanes of at least 4 members (excludes halogenated alkanes) is 2. The first-order valence-corrected chi connectivity index (χ1v) is 6.12. The smallest absolute Gasteiger partial charge is 0.330 e. The molecule has 4 heteroatoms. The first-order chi connectivity index (χ1) is 7.75. The van der Waals surface area contributed by atoms with E-state index in [1.54, 1.807) is 13.8 Å². The number of hydrogen-bond donors (Lipinski definition) is 1. The van der Waals surface area contributed by atoms with Gasteiger partial charge in [-0.25, -0.2) is 0 Å². The van der Waals surface area contributed by atoms with Crippen LogP contribution < -0.4 is 0 Å². The Labute approximate surface area is 103 Å². The van der Waals surface area contributed by atoms with Crippen LogP contribution >= 0.6 is 0 Å². The van der Waals surface area contributed by atoms with Crippen LogP contribution in [0.25, 0.3) is 0 Å². The topological polar surface area (TPSA) is 70.3 Å². The third kappa shape index (κ3) is 1.83. The Kier molecular flexibility index (Phi) is 3.54. The van der Waals surface area contributed by atoms with Crippen molar-refractivity contribution in [2.45, 2.75) is 64.6 Å². The Balaban J connectivity index is 3.06. The maximum absolute atomic E-state index is 11.9. The lowest BCUT2D eigenvalue weighted by Gasteiger charge is -2.36. The summed E-state index contributed by atoms with van der Waals surface area (Å²) >= 11 is 0. The van der Waals surface area contributed by atoms with Crippen molar-refractivity contribution in [1.29, 1.82) is 5.26 Å². The number of nitrogens with zero attached hydrogens (tertiary/aromatic N) is 1. The minimum absolute atomic E-state index is 0.354. The molecule has 1 rings (SSSR count). The summed E-state index contributed by atoms with van der Waals surface area (Å²) in [7, 11) is 0. The third-order valence-electron chi connectivity index (χ3n) is 4.05. The molecule has 4 nitrogen and oxygen atoms in total. The Bertz CT molecular complexity index is 354. The highest BCUT2D eigenvalue weighted by Crippen LogP contribution is 2.51. The highest BCUT2D eigenvalue weighted by Gasteiger charge is 2.69. The molecular formula is C13H21NO3. The number of rotatable bonds is 4. The maximum atomic E-state index is 11.9. The van der Waals surface area contributed by atoms with Gasteiger partial charge in [0.15, 0.2) is 5.41 Å². The summed E-state index contributed by atoms with van der Waals surface area (Å²) < 4.78 is 5.19. The van der Waals surface area contributed by atoms with E-state index in [4.69, 9.17) is 4.74 Å². The summed E-state index contributed by atoms with van der Waals surface area (Å²) in [4.78, 5) is 11.9. The van der Waals surface area contributed by atoms with Crippen molar-refractivity contribution in [3.63, 3.8) is 0 Å². The molecule has 0 saturated carbocycles. The molecule has 0 aromatic rings. The van der Waals surface area contributed by atoms with E-state index in [2.05, 4.69) is 0 Å². The Hall–Kier alpha value is -1.08. The quantitative estimate of drug-likeness (QED) is 0.603. The number of cyclic esters (lactones) is 1. The molecule has 0 bridgehead atoms.